The van der Waals surface area contributed by atoms with Gasteiger partial charge >= 0.3 is 5.69 Å². The summed E-state index contributed by atoms with van der Waals surface area (Å²) in [7, 11) is 0. The SMILES string of the molecule is Cc1cn([C@@H]2CSC[C@@H]2CO)c(=O)[nH]c1=O. The van der Waals surface area contributed by atoms with Gasteiger partial charge in [-0.05, 0) is 6.92 Å². The van der Waals surface area contributed by atoms with Gasteiger partial charge in [0.05, 0.1) is 6.04 Å². The van der Waals surface area contributed by atoms with Crippen molar-refractivity contribution < 1.29 is 5.11 Å². The summed E-state index contributed by atoms with van der Waals surface area (Å²) in [5.41, 5.74) is -0.206. The molecule has 2 N–H and O–H groups in total. The number of nitrogens with zero attached hydrogens (tertiary/aromatic N) is 1. The lowest BCUT2D eigenvalue weighted by molar-refractivity contribution is 0.205. The molecule has 0 amide bonds. The van der Waals surface area contributed by atoms with Crippen LogP contribution in [0.25, 0.3) is 0 Å². The molecule has 1 aromatic heterocycles. The van der Waals surface area contributed by atoms with Crippen molar-refractivity contribution in [1.29, 1.82) is 0 Å². The molecule has 1 aliphatic rings. The Morgan fingerprint density at radius 2 is 2.31 bits per heavy atom. The van der Waals surface area contributed by atoms with Crippen molar-refractivity contribution in [3.05, 3.63) is 32.6 Å². The van der Waals surface area contributed by atoms with Gasteiger partial charge < -0.3 is 5.11 Å². The Morgan fingerprint density at radius 1 is 1.56 bits per heavy atom. The molecule has 0 radical (unpaired) electrons. The lowest BCUT2D eigenvalue weighted by Gasteiger charge is -2.19. The summed E-state index contributed by atoms with van der Waals surface area (Å²) < 4.78 is 1.54. The molecule has 2 heterocycles. The van der Waals surface area contributed by atoms with Gasteiger partial charge in [0, 0.05) is 35.8 Å². The predicted octanol–water partition coefficient (Wildman–Crippen LogP) is -0.259. The van der Waals surface area contributed by atoms with E-state index >= 15 is 0 Å². The van der Waals surface area contributed by atoms with E-state index in [0.29, 0.717) is 5.56 Å². The van der Waals surface area contributed by atoms with Crippen molar-refractivity contribution >= 4 is 11.8 Å². The second kappa shape index (κ2) is 4.47. The van der Waals surface area contributed by atoms with E-state index in [2.05, 4.69) is 4.98 Å². The number of aliphatic hydroxyl groups excluding tert-OH is 1. The normalized spacial score (nSPS) is 24.9. The number of thioether (sulfide) groups is 1. The van der Waals surface area contributed by atoms with Crippen LogP contribution in [0.3, 0.4) is 0 Å². The van der Waals surface area contributed by atoms with Gasteiger partial charge in [-0.1, -0.05) is 0 Å². The first-order chi connectivity index (χ1) is 7.63. The lowest BCUT2D eigenvalue weighted by atomic mass is 10.1. The number of aliphatic hydroxyl groups is 1. The highest BCUT2D eigenvalue weighted by Gasteiger charge is 2.29. The Bertz CT molecular complexity index is 494. The van der Waals surface area contributed by atoms with Gasteiger partial charge in [-0.3, -0.25) is 14.3 Å². The first-order valence-corrected chi connectivity index (χ1v) is 6.29. The molecule has 1 aromatic rings. The summed E-state index contributed by atoms with van der Waals surface area (Å²) in [5.74, 6) is 1.75. The molecular formula is C10H14N2O3S. The summed E-state index contributed by atoms with van der Waals surface area (Å²) in [5, 5.41) is 9.21. The van der Waals surface area contributed by atoms with Crippen molar-refractivity contribution in [3.8, 4) is 0 Å². The van der Waals surface area contributed by atoms with Crippen LogP contribution in [0.1, 0.15) is 11.6 Å². The third-order valence-electron chi connectivity index (χ3n) is 2.90. The standard InChI is InChI=1S/C10H14N2O3S/c1-6-2-12(10(15)11-9(6)14)8-5-16-4-7(8)3-13/h2,7-8,13H,3-5H2,1H3,(H,11,14,15)/t7-,8+/m0/s1. The monoisotopic (exact) mass is 242 g/mol. The molecule has 16 heavy (non-hydrogen) atoms. The van der Waals surface area contributed by atoms with E-state index < -0.39 is 0 Å². The highest BCUT2D eigenvalue weighted by atomic mass is 32.2. The number of nitrogens with one attached hydrogen (secondary N) is 1. The minimum absolute atomic E-state index is 0.0157. The minimum atomic E-state index is -0.387. The van der Waals surface area contributed by atoms with Crippen molar-refractivity contribution in [2.75, 3.05) is 18.1 Å². The van der Waals surface area contributed by atoms with Crippen molar-refractivity contribution in [3.63, 3.8) is 0 Å². The Morgan fingerprint density at radius 3 is 3.00 bits per heavy atom. The van der Waals surface area contributed by atoms with Crippen LogP contribution in [0.5, 0.6) is 0 Å². The number of hydrogen-bond acceptors (Lipinski definition) is 4. The van der Waals surface area contributed by atoms with E-state index in [1.54, 1.807) is 24.9 Å². The second-order valence-corrected chi connectivity index (χ2v) is 5.10. The van der Waals surface area contributed by atoms with Crippen LogP contribution in [-0.4, -0.2) is 32.8 Å². The Kier molecular flexibility index (Phi) is 3.20. The smallest absolute Gasteiger partial charge is 0.328 e. The maximum absolute atomic E-state index is 11.7. The van der Waals surface area contributed by atoms with Crippen LogP contribution in [-0.2, 0) is 0 Å². The summed E-state index contributed by atoms with van der Waals surface area (Å²) in [6.45, 7) is 1.74. The van der Waals surface area contributed by atoms with E-state index in [1.807, 2.05) is 0 Å². The van der Waals surface area contributed by atoms with Crippen molar-refractivity contribution in [1.82, 2.24) is 9.55 Å². The summed E-state index contributed by atoms with van der Waals surface area (Å²) in [6.07, 6.45) is 1.58. The molecular weight excluding hydrogens is 228 g/mol. The molecule has 2 rings (SSSR count). The summed E-state index contributed by atoms with van der Waals surface area (Å²) >= 11 is 1.72. The van der Waals surface area contributed by atoms with Crippen LogP contribution < -0.4 is 11.2 Å². The highest BCUT2D eigenvalue weighted by Crippen LogP contribution is 2.32. The van der Waals surface area contributed by atoms with E-state index in [4.69, 9.17) is 0 Å². The third kappa shape index (κ3) is 1.94. The molecule has 1 fully saturated rings. The fourth-order valence-electron chi connectivity index (χ4n) is 1.90. The molecule has 0 unspecified atom stereocenters. The van der Waals surface area contributed by atoms with Gasteiger partial charge in [0.25, 0.3) is 5.56 Å². The number of aromatic amines is 1. The van der Waals surface area contributed by atoms with Gasteiger partial charge in [0.1, 0.15) is 0 Å². The first kappa shape index (κ1) is 11.5. The number of H-pyrrole nitrogens is 1. The number of aromatic nitrogens is 2. The van der Waals surface area contributed by atoms with Crippen molar-refractivity contribution in [2.45, 2.75) is 13.0 Å². The van der Waals surface area contributed by atoms with Gasteiger partial charge in [-0.2, -0.15) is 11.8 Å². The van der Waals surface area contributed by atoms with E-state index in [0.717, 1.165) is 11.5 Å². The van der Waals surface area contributed by atoms with E-state index in [9.17, 15) is 14.7 Å². The predicted molar refractivity (Wildman–Crippen MR) is 63.0 cm³/mol. The fourth-order valence-corrected chi connectivity index (χ4v) is 3.34. The van der Waals surface area contributed by atoms with E-state index in [1.165, 1.54) is 4.57 Å². The fraction of sp³-hybridized carbons (Fsp3) is 0.600. The molecule has 1 aliphatic heterocycles. The average Bonchev–Trinajstić information content (AvgIpc) is 2.71. The van der Waals surface area contributed by atoms with Gasteiger partial charge in [0.2, 0.25) is 0 Å². The van der Waals surface area contributed by atoms with Crippen molar-refractivity contribution in [2.24, 2.45) is 5.92 Å². The molecule has 0 saturated carbocycles. The maximum Gasteiger partial charge on any atom is 0.328 e. The maximum atomic E-state index is 11.7. The van der Waals surface area contributed by atoms with Crippen LogP contribution in [0.4, 0.5) is 0 Å². The summed E-state index contributed by atoms with van der Waals surface area (Å²) in [4.78, 5) is 25.2. The van der Waals surface area contributed by atoms with Gasteiger partial charge in [0.15, 0.2) is 0 Å². The number of rotatable bonds is 2. The molecule has 0 aromatic carbocycles. The highest BCUT2D eigenvalue weighted by molar-refractivity contribution is 7.99. The van der Waals surface area contributed by atoms with Crippen LogP contribution in [0, 0.1) is 12.8 Å². The van der Waals surface area contributed by atoms with E-state index in [-0.39, 0.29) is 29.8 Å². The minimum Gasteiger partial charge on any atom is -0.396 e. The number of aryl methyl sites for hydroxylation is 1. The second-order valence-electron chi connectivity index (χ2n) is 4.03. The molecule has 0 spiro atoms. The van der Waals surface area contributed by atoms with Crippen LogP contribution >= 0.6 is 11.8 Å². The molecule has 5 nitrogen and oxygen atoms in total. The lowest BCUT2D eigenvalue weighted by Crippen LogP contribution is -2.36. The van der Waals surface area contributed by atoms with Gasteiger partial charge in [-0.25, -0.2) is 4.79 Å². The quantitative estimate of drug-likeness (QED) is 0.749. The van der Waals surface area contributed by atoms with Gasteiger partial charge in [-0.15, -0.1) is 0 Å². The number of hydrogen-bond donors (Lipinski definition) is 2. The third-order valence-corrected chi connectivity index (χ3v) is 4.14. The zero-order valence-corrected chi connectivity index (χ0v) is 9.79. The first-order valence-electron chi connectivity index (χ1n) is 5.14. The molecule has 0 aliphatic carbocycles. The Hall–Kier alpha value is -1.01. The van der Waals surface area contributed by atoms with Crippen LogP contribution in [0.2, 0.25) is 0 Å². The average molecular weight is 242 g/mol. The largest absolute Gasteiger partial charge is 0.396 e. The van der Waals surface area contributed by atoms with Crippen LogP contribution in [0.15, 0.2) is 15.8 Å². The Labute approximate surface area is 96.5 Å². The topological polar surface area (TPSA) is 75.1 Å². The molecule has 1 saturated heterocycles. The zero-order valence-electron chi connectivity index (χ0n) is 8.97. The molecule has 2 atom stereocenters. The molecule has 0 bridgehead atoms. The molecule has 88 valence electrons. The Balaban J connectivity index is 2.44. The zero-order chi connectivity index (χ0) is 11.7. The molecule has 6 heteroatoms. The summed E-state index contributed by atoms with van der Waals surface area (Å²) in [6, 6.07) is -0.0157.